The number of nitrogens with two attached hydrogens (primary N) is 1. The molecule has 3 amide bonds. The van der Waals surface area contributed by atoms with Crippen LogP contribution in [-0.2, 0) is 25.6 Å². The number of benzene rings is 1. The molecule has 1 aliphatic rings. The number of nitrogens with one attached hydrogen (secondary N) is 2. The molecule has 33 heavy (non-hydrogen) atoms. The Hall–Kier alpha value is -2.79. The molecule has 0 aliphatic carbocycles. The first kappa shape index (κ1) is 26.5. The molecular weight excluding hydrogens is 448 g/mol. The number of rotatable bonds is 10. The van der Waals surface area contributed by atoms with E-state index in [4.69, 9.17) is 5.73 Å². The lowest BCUT2D eigenvalue weighted by Gasteiger charge is -2.29. The topological polar surface area (TPSA) is 162 Å². The number of carbonyl (C=O) groups excluding carboxylic acids is 3. The molecule has 1 aromatic carbocycles. The third-order valence-electron chi connectivity index (χ3n) is 5.59. The van der Waals surface area contributed by atoms with E-state index in [1.54, 1.807) is 26.0 Å². The second-order valence-corrected chi connectivity index (χ2v) is 8.84. The number of likely N-dealkylation sites (tertiary alicyclic amines) is 1. The van der Waals surface area contributed by atoms with Gasteiger partial charge >= 0.3 is 5.97 Å². The number of aliphatic carboxylic acids is 1. The summed E-state index contributed by atoms with van der Waals surface area (Å²) < 4.78 is 0. The molecule has 1 aliphatic heterocycles. The predicted octanol–water partition coefficient (Wildman–Crippen LogP) is -0.107. The fraction of sp³-hybridized carbons (Fsp3) is 0.545. The summed E-state index contributed by atoms with van der Waals surface area (Å²) in [6.07, 6.45) is 1.14. The molecule has 1 heterocycles. The average Bonchev–Trinajstić information content (AvgIpc) is 3.26. The Morgan fingerprint density at radius 1 is 1.15 bits per heavy atom. The fourth-order valence-corrected chi connectivity index (χ4v) is 3.96. The van der Waals surface area contributed by atoms with E-state index in [1.165, 1.54) is 17.0 Å². The van der Waals surface area contributed by atoms with Crippen molar-refractivity contribution in [2.45, 2.75) is 57.3 Å². The van der Waals surface area contributed by atoms with E-state index >= 15 is 0 Å². The molecule has 10 nitrogen and oxygen atoms in total. The minimum Gasteiger partial charge on any atom is -0.508 e. The summed E-state index contributed by atoms with van der Waals surface area (Å²) in [6, 6.07) is 2.48. The van der Waals surface area contributed by atoms with Crippen molar-refractivity contribution in [1.29, 1.82) is 0 Å². The Balaban J connectivity index is 2.02. The number of hydrogen-bond donors (Lipinski definition) is 6. The highest BCUT2D eigenvalue weighted by Gasteiger charge is 2.38. The van der Waals surface area contributed by atoms with Crippen LogP contribution < -0.4 is 16.4 Å². The molecule has 0 radical (unpaired) electrons. The van der Waals surface area contributed by atoms with Gasteiger partial charge in [-0.25, -0.2) is 4.79 Å². The quantitative estimate of drug-likeness (QED) is 0.255. The fourth-order valence-electron chi connectivity index (χ4n) is 3.71. The molecule has 11 heteroatoms. The number of hydrogen-bond acceptors (Lipinski definition) is 7. The van der Waals surface area contributed by atoms with Gasteiger partial charge in [-0.2, -0.15) is 12.6 Å². The third kappa shape index (κ3) is 7.10. The Morgan fingerprint density at radius 2 is 1.79 bits per heavy atom. The maximum atomic E-state index is 12.9. The molecular formula is C22H32N4O6S. The highest BCUT2D eigenvalue weighted by Crippen LogP contribution is 2.19. The standard InChI is InChI=1S/C22H32N4O6S/c1-12(2)18(25-19(28)15(23)10-13-5-7-14(27)8-6-13)20(29)24-16(11-33)21(30)26-9-3-4-17(26)22(31)32/h5-8,12,15-18,27,33H,3-4,9-11,23H2,1-2H3,(H,24,29)(H,25,28)(H,31,32). The molecule has 182 valence electrons. The number of phenols is 1. The van der Waals surface area contributed by atoms with Crippen molar-refractivity contribution in [3.05, 3.63) is 29.8 Å². The van der Waals surface area contributed by atoms with Crippen LogP contribution in [0.25, 0.3) is 0 Å². The summed E-state index contributed by atoms with van der Waals surface area (Å²) in [4.78, 5) is 51.1. The molecule has 0 saturated carbocycles. The lowest BCUT2D eigenvalue weighted by atomic mass is 10.0. The van der Waals surface area contributed by atoms with E-state index < -0.39 is 47.9 Å². The normalized spacial score (nSPS) is 18.5. The van der Waals surface area contributed by atoms with Gasteiger partial charge in [-0.3, -0.25) is 14.4 Å². The summed E-state index contributed by atoms with van der Waals surface area (Å²) in [5, 5.41) is 23.9. The first-order chi connectivity index (χ1) is 15.5. The second-order valence-electron chi connectivity index (χ2n) is 8.48. The van der Waals surface area contributed by atoms with Crippen molar-refractivity contribution in [2.24, 2.45) is 11.7 Å². The zero-order valence-electron chi connectivity index (χ0n) is 18.7. The van der Waals surface area contributed by atoms with Gasteiger partial charge in [-0.05, 0) is 42.9 Å². The minimum atomic E-state index is -1.08. The minimum absolute atomic E-state index is 0.0213. The summed E-state index contributed by atoms with van der Waals surface area (Å²) in [6.45, 7) is 3.79. The molecule has 0 bridgehead atoms. The number of aromatic hydroxyl groups is 1. The first-order valence-electron chi connectivity index (χ1n) is 10.8. The number of carbonyl (C=O) groups is 4. The summed E-state index contributed by atoms with van der Waals surface area (Å²) in [5.74, 6) is -2.92. The van der Waals surface area contributed by atoms with Gasteiger partial charge in [0, 0.05) is 12.3 Å². The van der Waals surface area contributed by atoms with Crippen LogP contribution >= 0.6 is 12.6 Å². The van der Waals surface area contributed by atoms with Gasteiger partial charge in [0.05, 0.1) is 6.04 Å². The third-order valence-corrected chi connectivity index (χ3v) is 5.96. The number of phenolic OH excluding ortho intramolecular Hbond substituents is 1. The summed E-state index contributed by atoms with van der Waals surface area (Å²) in [7, 11) is 0. The zero-order valence-corrected chi connectivity index (χ0v) is 19.6. The van der Waals surface area contributed by atoms with Gasteiger partial charge in [-0.1, -0.05) is 26.0 Å². The average molecular weight is 481 g/mol. The predicted molar refractivity (Wildman–Crippen MR) is 125 cm³/mol. The van der Waals surface area contributed by atoms with Crippen LogP contribution in [0.15, 0.2) is 24.3 Å². The molecule has 0 spiro atoms. The SMILES string of the molecule is CC(C)C(NC(=O)C(N)Cc1ccc(O)cc1)C(=O)NC(CS)C(=O)N1CCCC1C(=O)O. The molecule has 1 fully saturated rings. The van der Waals surface area contributed by atoms with Crippen molar-refractivity contribution in [3.63, 3.8) is 0 Å². The van der Waals surface area contributed by atoms with Gasteiger partial charge < -0.3 is 31.5 Å². The van der Waals surface area contributed by atoms with Crippen molar-refractivity contribution in [3.8, 4) is 5.75 Å². The van der Waals surface area contributed by atoms with Crippen LogP contribution in [0.4, 0.5) is 0 Å². The molecule has 4 unspecified atom stereocenters. The van der Waals surface area contributed by atoms with E-state index in [2.05, 4.69) is 23.3 Å². The van der Waals surface area contributed by atoms with Crippen LogP contribution in [0, 0.1) is 5.92 Å². The number of thiol groups is 1. The van der Waals surface area contributed by atoms with Gasteiger partial charge in [0.1, 0.15) is 23.9 Å². The van der Waals surface area contributed by atoms with Gasteiger partial charge in [0.25, 0.3) is 0 Å². The van der Waals surface area contributed by atoms with Crippen molar-refractivity contribution < 1.29 is 29.4 Å². The van der Waals surface area contributed by atoms with Crippen LogP contribution in [0.5, 0.6) is 5.75 Å². The number of carboxylic acid groups (broad SMARTS) is 1. The van der Waals surface area contributed by atoms with Crippen molar-refractivity contribution >= 4 is 36.3 Å². The molecule has 1 aromatic rings. The van der Waals surface area contributed by atoms with E-state index in [9.17, 15) is 29.4 Å². The number of amides is 3. The molecule has 1 saturated heterocycles. The molecule has 6 N–H and O–H groups in total. The number of carboxylic acids is 1. The Bertz CT molecular complexity index is 863. The Morgan fingerprint density at radius 3 is 2.33 bits per heavy atom. The highest BCUT2D eigenvalue weighted by molar-refractivity contribution is 7.80. The first-order valence-corrected chi connectivity index (χ1v) is 11.5. The maximum absolute atomic E-state index is 12.9. The monoisotopic (exact) mass is 480 g/mol. The Kier molecular flexibility index (Phi) is 9.54. The maximum Gasteiger partial charge on any atom is 0.326 e. The van der Waals surface area contributed by atoms with E-state index in [0.29, 0.717) is 19.4 Å². The van der Waals surface area contributed by atoms with Crippen LogP contribution in [0.2, 0.25) is 0 Å². The molecule has 2 rings (SSSR count). The Labute approximate surface area is 198 Å². The van der Waals surface area contributed by atoms with Crippen molar-refractivity contribution in [1.82, 2.24) is 15.5 Å². The van der Waals surface area contributed by atoms with Crippen LogP contribution in [-0.4, -0.2) is 75.3 Å². The second kappa shape index (κ2) is 11.9. The summed E-state index contributed by atoms with van der Waals surface area (Å²) in [5.41, 5.74) is 6.75. The van der Waals surface area contributed by atoms with Crippen LogP contribution in [0.3, 0.4) is 0 Å². The zero-order chi connectivity index (χ0) is 24.7. The lowest BCUT2D eigenvalue weighted by molar-refractivity contribution is -0.149. The summed E-state index contributed by atoms with van der Waals surface area (Å²) >= 11 is 4.15. The van der Waals surface area contributed by atoms with Crippen molar-refractivity contribution in [2.75, 3.05) is 12.3 Å². The van der Waals surface area contributed by atoms with Crippen LogP contribution in [0.1, 0.15) is 32.3 Å². The lowest BCUT2D eigenvalue weighted by Crippen LogP contribution is -2.59. The van der Waals surface area contributed by atoms with Gasteiger partial charge in [0.2, 0.25) is 17.7 Å². The van der Waals surface area contributed by atoms with E-state index in [-0.39, 0.29) is 23.8 Å². The van der Waals surface area contributed by atoms with E-state index in [1.807, 2.05) is 0 Å². The largest absolute Gasteiger partial charge is 0.508 e. The van der Waals surface area contributed by atoms with Gasteiger partial charge in [0.15, 0.2) is 0 Å². The molecule has 0 aromatic heterocycles. The highest BCUT2D eigenvalue weighted by atomic mass is 32.1. The number of nitrogens with zero attached hydrogens (tertiary/aromatic N) is 1. The van der Waals surface area contributed by atoms with Gasteiger partial charge in [-0.15, -0.1) is 0 Å². The van der Waals surface area contributed by atoms with E-state index in [0.717, 1.165) is 5.56 Å². The smallest absolute Gasteiger partial charge is 0.326 e. The molecule has 4 atom stereocenters.